The fraction of sp³-hybridized carbons (Fsp3) is 0.316. The largest absolute Gasteiger partial charge is 0.391 e. The van der Waals surface area contributed by atoms with Crippen LogP contribution in [0, 0.1) is 15.9 Å². The molecule has 3 rings (SSSR count). The van der Waals surface area contributed by atoms with Gasteiger partial charge in [0.05, 0.1) is 16.8 Å². The Kier molecular flexibility index (Phi) is 5.78. The van der Waals surface area contributed by atoms with Gasteiger partial charge in [-0.3, -0.25) is 10.1 Å². The minimum Gasteiger partial charge on any atom is -0.391 e. The number of oxime groups is 1. The van der Waals surface area contributed by atoms with Crippen molar-refractivity contribution >= 4 is 17.6 Å². The average molecular weight is 357 g/mol. The third kappa shape index (κ3) is 4.56. The maximum absolute atomic E-state index is 14.3. The normalized spacial score (nSPS) is 14.6. The molecule has 26 heavy (non-hydrogen) atoms. The molecule has 0 bridgehead atoms. The first-order valence-corrected chi connectivity index (χ1v) is 8.56. The van der Waals surface area contributed by atoms with E-state index in [0.29, 0.717) is 16.8 Å². The second kappa shape index (κ2) is 8.42. The highest BCUT2D eigenvalue weighted by molar-refractivity contribution is 5.80. The van der Waals surface area contributed by atoms with E-state index in [2.05, 4.69) is 10.1 Å². The van der Waals surface area contributed by atoms with E-state index in [4.69, 9.17) is 4.84 Å². The Labute approximate surface area is 151 Å². The average Bonchev–Trinajstić information content (AvgIpc) is 2.66. The number of nitro groups is 1. The fourth-order valence-corrected chi connectivity index (χ4v) is 2.96. The first-order chi connectivity index (χ1) is 12.6. The standard InChI is InChI=1S/C19H20FN3O3/c20-18-12-15(7-8-19(18)22-9-2-1-3-10-22)13-21-26-14-16-5-4-6-17(11-16)23(24)25/h4-8,11-13H,1-3,9-10,14H2/b21-13-. The van der Waals surface area contributed by atoms with Crippen molar-refractivity contribution in [3.63, 3.8) is 0 Å². The predicted molar refractivity (Wildman–Crippen MR) is 97.9 cm³/mol. The summed E-state index contributed by atoms with van der Waals surface area (Å²) in [6.45, 7) is 1.87. The van der Waals surface area contributed by atoms with Gasteiger partial charge in [-0.15, -0.1) is 0 Å². The molecule has 1 fully saturated rings. The lowest BCUT2D eigenvalue weighted by molar-refractivity contribution is -0.384. The summed E-state index contributed by atoms with van der Waals surface area (Å²) < 4.78 is 14.3. The van der Waals surface area contributed by atoms with Gasteiger partial charge < -0.3 is 9.74 Å². The Morgan fingerprint density at radius 2 is 2.00 bits per heavy atom. The summed E-state index contributed by atoms with van der Waals surface area (Å²) in [5.41, 5.74) is 1.87. The van der Waals surface area contributed by atoms with Crippen LogP contribution in [0.5, 0.6) is 0 Å². The van der Waals surface area contributed by atoms with Crippen LogP contribution in [0.4, 0.5) is 15.8 Å². The van der Waals surface area contributed by atoms with Crippen LogP contribution in [-0.2, 0) is 11.4 Å². The van der Waals surface area contributed by atoms with Crippen molar-refractivity contribution in [1.29, 1.82) is 0 Å². The number of nitrogens with zero attached hydrogens (tertiary/aromatic N) is 3. The van der Waals surface area contributed by atoms with E-state index >= 15 is 0 Å². The minimum atomic E-state index is -0.459. The van der Waals surface area contributed by atoms with Crippen LogP contribution in [0.3, 0.4) is 0 Å². The molecule has 0 amide bonds. The zero-order valence-corrected chi connectivity index (χ0v) is 14.3. The number of nitro benzene ring substituents is 1. The van der Waals surface area contributed by atoms with E-state index in [1.165, 1.54) is 30.8 Å². The molecule has 1 aliphatic rings. The third-order valence-corrected chi connectivity index (χ3v) is 4.30. The first-order valence-electron chi connectivity index (χ1n) is 8.56. The number of hydrogen-bond acceptors (Lipinski definition) is 5. The number of hydrogen-bond donors (Lipinski definition) is 0. The SMILES string of the molecule is O=[N+]([O-])c1cccc(CO/N=C\c2ccc(N3CCCCC3)c(F)c2)c1. The maximum atomic E-state index is 14.3. The number of halogens is 1. The van der Waals surface area contributed by atoms with E-state index in [9.17, 15) is 14.5 Å². The molecule has 0 saturated carbocycles. The van der Waals surface area contributed by atoms with Crippen LogP contribution in [-0.4, -0.2) is 24.2 Å². The van der Waals surface area contributed by atoms with Gasteiger partial charge in [0.1, 0.15) is 12.4 Å². The second-order valence-electron chi connectivity index (χ2n) is 6.19. The van der Waals surface area contributed by atoms with Gasteiger partial charge in [-0.05, 0) is 42.5 Å². The molecule has 2 aromatic rings. The molecule has 0 atom stereocenters. The Morgan fingerprint density at radius 3 is 2.73 bits per heavy atom. The Balaban J connectivity index is 1.57. The molecule has 0 spiro atoms. The van der Waals surface area contributed by atoms with Gasteiger partial charge >= 0.3 is 0 Å². The summed E-state index contributed by atoms with van der Waals surface area (Å²) in [7, 11) is 0. The van der Waals surface area contributed by atoms with Gasteiger partial charge in [0.2, 0.25) is 0 Å². The lowest BCUT2D eigenvalue weighted by Crippen LogP contribution is -2.30. The highest BCUT2D eigenvalue weighted by Crippen LogP contribution is 2.23. The van der Waals surface area contributed by atoms with Gasteiger partial charge in [0.15, 0.2) is 0 Å². The second-order valence-corrected chi connectivity index (χ2v) is 6.19. The summed E-state index contributed by atoms with van der Waals surface area (Å²) in [6.07, 6.45) is 4.81. The van der Waals surface area contributed by atoms with Crippen LogP contribution >= 0.6 is 0 Å². The third-order valence-electron chi connectivity index (χ3n) is 4.30. The molecule has 1 heterocycles. The number of piperidine rings is 1. The van der Waals surface area contributed by atoms with Crippen LogP contribution in [0.25, 0.3) is 0 Å². The zero-order valence-electron chi connectivity index (χ0n) is 14.3. The maximum Gasteiger partial charge on any atom is 0.269 e. The summed E-state index contributed by atoms with van der Waals surface area (Å²) in [4.78, 5) is 17.5. The van der Waals surface area contributed by atoms with Crippen LogP contribution in [0.1, 0.15) is 30.4 Å². The van der Waals surface area contributed by atoms with Crippen molar-refractivity contribution in [3.05, 3.63) is 69.5 Å². The molecular formula is C19H20FN3O3. The zero-order chi connectivity index (χ0) is 18.4. The van der Waals surface area contributed by atoms with Gasteiger partial charge in [-0.25, -0.2) is 4.39 Å². The van der Waals surface area contributed by atoms with E-state index < -0.39 is 4.92 Å². The highest BCUT2D eigenvalue weighted by Gasteiger charge is 2.14. The van der Waals surface area contributed by atoms with Crippen molar-refractivity contribution < 1.29 is 14.2 Å². The van der Waals surface area contributed by atoms with Gasteiger partial charge in [-0.2, -0.15) is 0 Å². The van der Waals surface area contributed by atoms with Crippen LogP contribution in [0.15, 0.2) is 47.6 Å². The molecule has 7 heteroatoms. The molecule has 0 radical (unpaired) electrons. The minimum absolute atomic E-state index is 0.00505. The molecule has 1 saturated heterocycles. The van der Waals surface area contributed by atoms with Crippen molar-refractivity contribution in [1.82, 2.24) is 0 Å². The molecule has 136 valence electrons. The fourth-order valence-electron chi connectivity index (χ4n) is 2.96. The van der Waals surface area contributed by atoms with Crippen molar-refractivity contribution in [3.8, 4) is 0 Å². The Bertz CT molecular complexity index is 804. The van der Waals surface area contributed by atoms with E-state index in [1.54, 1.807) is 24.3 Å². The van der Waals surface area contributed by atoms with Gasteiger partial charge in [-0.1, -0.05) is 23.4 Å². The topological polar surface area (TPSA) is 68.0 Å². The molecule has 0 aliphatic carbocycles. The molecule has 0 aromatic heterocycles. The summed E-state index contributed by atoms with van der Waals surface area (Å²) in [5, 5.41) is 14.6. The molecule has 0 N–H and O–H groups in total. The van der Waals surface area contributed by atoms with E-state index in [-0.39, 0.29) is 18.1 Å². The predicted octanol–water partition coefficient (Wildman–Crippen LogP) is 4.27. The Morgan fingerprint density at radius 1 is 1.19 bits per heavy atom. The lowest BCUT2D eigenvalue weighted by Gasteiger charge is -2.29. The number of non-ortho nitro benzene ring substituents is 1. The number of benzene rings is 2. The Hall–Kier alpha value is -2.96. The van der Waals surface area contributed by atoms with Gasteiger partial charge in [0.25, 0.3) is 5.69 Å². The van der Waals surface area contributed by atoms with Crippen LogP contribution < -0.4 is 4.90 Å². The molecule has 0 unspecified atom stereocenters. The van der Waals surface area contributed by atoms with E-state index in [1.807, 2.05) is 0 Å². The summed E-state index contributed by atoms with van der Waals surface area (Å²) >= 11 is 0. The van der Waals surface area contributed by atoms with E-state index in [0.717, 1.165) is 25.9 Å². The van der Waals surface area contributed by atoms with Crippen molar-refractivity contribution in [2.24, 2.45) is 5.16 Å². The summed E-state index contributed by atoms with van der Waals surface area (Å²) in [5.74, 6) is -0.269. The quantitative estimate of drug-likeness (QED) is 0.440. The first kappa shape index (κ1) is 17.8. The van der Waals surface area contributed by atoms with Crippen LogP contribution in [0.2, 0.25) is 0 Å². The molecule has 1 aliphatic heterocycles. The van der Waals surface area contributed by atoms with Crippen molar-refractivity contribution in [2.45, 2.75) is 25.9 Å². The van der Waals surface area contributed by atoms with Gasteiger partial charge in [0, 0.05) is 25.2 Å². The smallest absolute Gasteiger partial charge is 0.269 e. The highest BCUT2D eigenvalue weighted by atomic mass is 19.1. The molecule has 6 nitrogen and oxygen atoms in total. The lowest BCUT2D eigenvalue weighted by atomic mass is 10.1. The van der Waals surface area contributed by atoms with Crippen molar-refractivity contribution in [2.75, 3.05) is 18.0 Å². The number of rotatable bonds is 6. The monoisotopic (exact) mass is 357 g/mol. The summed E-state index contributed by atoms with van der Waals surface area (Å²) in [6, 6.07) is 11.2. The number of anilines is 1. The molecule has 2 aromatic carbocycles. The molecular weight excluding hydrogens is 337 g/mol.